The summed E-state index contributed by atoms with van der Waals surface area (Å²) >= 11 is 5.87. The second-order valence-corrected chi connectivity index (χ2v) is 5.95. The molecule has 3 rings (SSSR count). The Kier molecular flexibility index (Phi) is 4.73. The first kappa shape index (κ1) is 15.0. The van der Waals surface area contributed by atoms with Gasteiger partial charge >= 0.3 is 0 Å². The second kappa shape index (κ2) is 6.92. The predicted molar refractivity (Wildman–Crippen MR) is 89.5 cm³/mol. The normalized spacial score (nSPS) is 18.3. The molecule has 1 unspecified atom stereocenters. The molecule has 1 saturated heterocycles. The molecule has 0 aromatic carbocycles. The van der Waals surface area contributed by atoms with Crippen molar-refractivity contribution in [2.45, 2.75) is 32.2 Å². The molecule has 3 heterocycles. The third-order valence-corrected chi connectivity index (χ3v) is 4.12. The zero-order valence-corrected chi connectivity index (χ0v) is 13.4. The number of rotatable bonds is 4. The number of nitrogens with zero attached hydrogens (tertiary/aromatic N) is 4. The lowest BCUT2D eigenvalue weighted by Crippen LogP contribution is -2.42. The van der Waals surface area contributed by atoms with Crippen molar-refractivity contribution in [2.75, 3.05) is 23.3 Å². The number of aromatic nitrogens is 3. The quantitative estimate of drug-likeness (QED) is 0.938. The largest absolute Gasteiger partial charge is 0.366 e. The van der Waals surface area contributed by atoms with E-state index in [4.69, 9.17) is 11.6 Å². The fourth-order valence-electron chi connectivity index (χ4n) is 2.73. The SMILES string of the molecule is CCc1cc(N2CCCC(Nc3ccc(Cl)cn3)C2)ncn1. The number of nitrogens with one attached hydrogen (secondary N) is 1. The Morgan fingerprint density at radius 1 is 1.32 bits per heavy atom. The molecule has 2 aromatic heterocycles. The Morgan fingerprint density at radius 3 is 3.00 bits per heavy atom. The maximum atomic E-state index is 5.87. The Morgan fingerprint density at radius 2 is 2.23 bits per heavy atom. The molecule has 1 aliphatic heterocycles. The summed E-state index contributed by atoms with van der Waals surface area (Å²) in [5.74, 6) is 1.88. The third kappa shape index (κ3) is 3.65. The van der Waals surface area contributed by atoms with Crippen LogP contribution in [0.4, 0.5) is 11.6 Å². The van der Waals surface area contributed by atoms with Crippen LogP contribution in [0.15, 0.2) is 30.7 Å². The fourth-order valence-corrected chi connectivity index (χ4v) is 2.84. The summed E-state index contributed by atoms with van der Waals surface area (Å²) in [7, 11) is 0. The minimum atomic E-state index is 0.363. The van der Waals surface area contributed by atoms with Crippen molar-refractivity contribution >= 4 is 23.2 Å². The third-order valence-electron chi connectivity index (χ3n) is 3.90. The van der Waals surface area contributed by atoms with Gasteiger partial charge in [-0.15, -0.1) is 0 Å². The fraction of sp³-hybridized carbons (Fsp3) is 0.438. The van der Waals surface area contributed by atoms with Gasteiger partial charge in [0, 0.05) is 37.1 Å². The first-order chi connectivity index (χ1) is 10.7. The lowest BCUT2D eigenvalue weighted by molar-refractivity contribution is 0.525. The molecular formula is C16H20ClN5. The number of hydrogen-bond acceptors (Lipinski definition) is 5. The Hall–Kier alpha value is -1.88. The van der Waals surface area contributed by atoms with Gasteiger partial charge in [-0.3, -0.25) is 0 Å². The van der Waals surface area contributed by atoms with Gasteiger partial charge < -0.3 is 10.2 Å². The van der Waals surface area contributed by atoms with Gasteiger partial charge in [-0.2, -0.15) is 0 Å². The molecule has 1 aliphatic rings. The molecule has 0 bridgehead atoms. The van der Waals surface area contributed by atoms with Crippen LogP contribution in [0, 0.1) is 0 Å². The van der Waals surface area contributed by atoms with Crippen molar-refractivity contribution in [3.8, 4) is 0 Å². The van der Waals surface area contributed by atoms with E-state index in [0.29, 0.717) is 11.1 Å². The predicted octanol–water partition coefficient (Wildman–Crippen LogP) is 3.17. The van der Waals surface area contributed by atoms with Crippen molar-refractivity contribution in [1.29, 1.82) is 0 Å². The highest BCUT2D eigenvalue weighted by Crippen LogP contribution is 2.20. The van der Waals surface area contributed by atoms with Crippen LogP contribution in [0.1, 0.15) is 25.5 Å². The van der Waals surface area contributed by atoms with Crippen molar-refractivity contribution in [3.63, 3.8) is 0 Å². The molecular weight excluding hydrogens is 298 g/mol. The molecule has 22 heavy (non-hydrogen) atoms. The van der Waals surface area contributed by atoms with Crippen LogP contribution in [0.3, 0.4) is 0 Å². The van der Waals surface area contributed by atoms with E-state index >= 15 is 0 Å². The minimum absolute atomic E-state index is 0.363. The van der Waals surface area contributed by atoms with E-state index in [2.05, 4.69) is 38.2 Å². The summed E-state index contributed by atoms with van der Waals surface area (Å²) in [5, 5.41) is 4.14. The molecule has 0 aliphatic carbocycles. The number of piperidine rings is 1. The zero-order chi connectivity index (χ0) is 15.4. The Bertz CT molecular complexity index is 616. The van der Waals surface area contributed by atoms with Gasteiger partial charge in [0.05, 0.1) is 5.02 Å². The van der Waals surface area contributed by atoms with Gasteiger partial charge in [0.2, 0.25) is 0 Å². The standard InChI is InChI=1S/C16H20ClN5/c1-2-13-8-16(20-11-19-13)22-7-3-4-14(10-22)21-15-6-5-12(17)9-18-15/h5-6,8-9,11,14H,2-4,7,10H2,1H3,(H,18,21). The molecule has 0 saturated carbocycles. The van der Waals surface area contributed by atoms with Crippen LogP contribution in [0.5, 0.6) is 0 Å². The van der Waals surface area contributed by atoms with Gasteiger partial charge in [-0.05, 0) is 31.4 Å². The minimum Gasteiger partial charge on any atom is -0.366 e. The first-order valence-electron chi connectivity index (χ1n) is 7.68. The van der Waals surface area contributed by atoms with Crippen molar-refractivity contribution in [2.24, 2.45) is 0 Å². The van der Waals surface area contributed by atoms with Crippen molar-refractivity contribution < 1.29 is 0 Å². The van der Waals surface area contributed by atoms with Gasteiger partial charge in [-0.25, -0.2) is 15.0 Å². The van der Waals surface area contributed by atoms with E-state index in [1.54, 1.807) is 12.5 Å². The number of anilines is 2. The summed E-state index contributed by atoms with van der Waals surface area (Å²) < 4.78 is 0. The summed E-state index contributed by atoms with van der Waals surface area (Å²) in [6.45, 7) is 4.07. The number of pyridine rings is 1. The van der Waals surface area contributed by atoms with E-state index in [1.807, 2.05) is 12.1 Å². The van der Waals surface area contributed by atoms with Crippen molar-refractivity contribution in [1.82, 2.24) is 15.0 Å². The summed E-state index contributed by atoms with van der Waals surface area (Å²) in [4.78, 5) is 15.3. The average Bonchev–Trinajstić information content (AvgIpc) is 2.57. The van der Waals surface area contributed by atoms with Gasteiger partial charge in [0.1, 0.15) is 18.0 Å². The highest BCUT2D eigenvalue weighted by molar-refractivity contribution is 6.30. The molecule has 2 aromatic rings. The maximum absolute atomic E-state index is 5.87. The van der Waals surface area contributed by atoms with Gasteiger partial charge in [0.15, 0.2) is 0 Å². The van der Waals surface area contributed by atoms with Crippen LogP contribution in [-0.2, 0) is 6.42 Å². The first-order valence-corrected chi connectivity index (χ1v) is 8.06. The molecule has 1 fully saturated rings. The van der Waals surface area contributed by atoms with E-state index in [9.17, 15) is 0 Å². The highest BCUT2D eigenvalue weighted by atomic mass is 35.5. The van der Waals surface area contributed by atoms with Crippen LogP contribution < -0.4 is 10.2 Å². The van der Waals surface area contributed by atoms with Gasteiger partial charge in [-0.1, -0.05) is 18.5 Å². The molecule has 1 atom stereocenters. The molecule has 6 heteroatoms. The lowest BCUT2D eigenvalue weighted by Gasteiger charge is -2.34. The monoisotopic (exact) mass is 317 g/mol. The number of hydrogen-bond donors (Lipinski definition) is 1. The molecule has 0 amide bonds. The van der Waals surface area contributed by atoms with Crippen LogP contribution in [0.2, 0.25) is 5.02 Å². The van der Waals surface area contributed by atoms with E-state index in [-0.39, 0.29) is 0 Å². The van der Waals surface area contributed by atoms with E-state index < -0.39 is 0 Å². The Balaban J connectivity index is 1.67. The summed E-state index contributed by atoms with van der Waals surface area (Å²) in [6, 6.07) is 6.22. The maximum Gasteiger partial charge on any atom is 0.132 e. The molecule has 1 N–H and O–H groups in total. The van der Waals surface area contributed by atoms with E-state index in [1.165, 1.54) is 0 Å². The van der Waals surface area contributed by atoms with Crippen LogP contribution >= 0.6 is 11.6 Å². The molecule has 116 valence electrons. The molecule has 5 nitrogen and oxygen atoms in total. The van der Waals surface area contributed by atoms with Crippen LogP contribution in [0.25, 0.3) is 0 Å². The topological polar surface area (TPSA) is 53.9 Å². The van der Waals surface area contributed by atoms with Crippen LogP contribution in [-0.4, -0.2) is 34.1 Å². The number of aryl methyl sites for hydroxylation is 1. The highest BCUT2D eigenvalue weighted by Gasteiger charge is 2.21. The summed E-state index contributed by atoms with van der Waals surface area (Å²) in [6.07, 6.45) is 6.53. The van der Waals surface area contributed by atoms with Crippen molar-refractivity contribution in [3.05, 3.63) is 41.4 Å². The Labute approximate surface area is 135 Å². The zero-order valence-electron chi connectivity index (χ0n) is 12.7. The second-order valence-electron chi connectivity index (χ2n) is 5.51. The summed E-state index contributed by atoms with van der Waals surface area (Å²) in [5.41, 5.74) is 1.08. The number of halogens is 1. The average molecular weight is 318 g/mol. The smallest absolute Gasteiger partial charge is 0.132 e. The molecule has 0 radical (unpaired) electrons. The van der Waals surface area contributed by atoms with Gasteiger partial charge in [0.25, 0.3) is 0 Å². The lowest BCUT2D eigenvalue weighted by atomic mass is 10.1. The molecule has 0 spiro atoms. The van der Waals surface area contributed by atoms with E-state index in [0.717, 1.165) is 49.7 Å².